The Balaban J connectivity index is 0.987. The molecule has 0 saturated carbocycles. The van der Waals surface area contributed by atoms with E-state index in [1.807, 2.05) is 0 Å². The third kappa shape index (κ3) is 9.10. The van der Waals surface area contributed by atoms with Crippen LogP contribution >= 0.6 is 0 Å². The zero-order valence-electron chi connectivity index (χ0n) is 40.0. The van der Waals surface area contributed by atoms with Crippen LogP contribution in [0, 0.1) is 17.8 Å². The fourth-order valence-corrected chi connectivity index (χ4v) is 9.91. The van der Waals surface area contributed by atoms with Crippen molar-refractivity contribution in [1.82, 2.24) is 4.57 Å². The smallest absolute Gasteiger partial charge is 0.0541 e. The molecular formula is C65H60N2. The molecule has 1 unspecified atom stereocenters. The average Bonchev–Trinajstić information content (AvgIpc) is 3.67. The standard InChI is InChI=1S/C65H60N2/c1-45-18-34-58(35-19-45)67-62-40-32-53(50-22-20-47(21-23-50)48-24-26-52(27-25-48)61(65(5,6)7)44-64(2,3)4)42-59(62)60-43-54(33-41-63(60)67)51-30-38-57(39-31-51)66(55-16-12-9-13-17-55)56-36-28-49(29-37-56)46-14-10-8-11-15-46/h8-43,61H,44H2,1-7H3. The van der Waals surface area contributed by atoms with Crippen LogP contribution in [-0.4, -0.2) is 4.57 Å². The van der Waals surface area contributed by atoms with Crippen molar-refractivity contribution in [2.24, 2.45) is 10.8 Å². The molecule has 1 atom stereocenters. The van der Waals surface area contributed by atoms with Gasteiger partial charge < -0.3 is 9.47 Å². The second-order valence-corrected chi connectivity index (χ2v) is 20.6. The lowest BCUT2D eigenvalue weighted by Gasteiger charge is -2.36. The Bertz CT molecular complexity index is 3270. The zero-order valence-corrected chi connectivity index (χ0v) is 40.0. The number of rotatable bonds is 10. The Hall–Kier alpha value is -7.42. The van der Waals surface area contributed by atoms with Gasteiger partial charge in [0, 0.05) is 33.5 Å². The van der Waals surface area contributed by atoms with E-state index in [0.29, 0.717) is 5.92 Å². The van der Waals surface area contributed by atoms with Crippen molar-refractivity contribution in [2.45, 2.75) is 60.8 Å². The van der Waals surface area contributed by atoms with Crippen molar-refractivity contribution < 1.29 is 0 Å². The van der Waals surface area contributed by atoms with E-state index in [1.54, 1.807) is 0 Å². The second-order valence-electron chi connectivity index (χ2n) is 20.6. The molecule has 9 aromatic carbocycles. The van der Waals surface area contributed by atoms with E-state index in [9.17, 15) is 0 Å². The Morgan fingerprint density at radius 1 is 0.388 bits per heavy atom. The van der Waals surface area contributed by atoms with Crippen LogP contribution in [0.5, 0.6) is 0 Å². The van der Waals surface area contributed by atoms with Crippen molar-refractivity contribution in [3.8, 4) is 50.2 Å². The molecule has 2 heteroatoms. The summed E-state index contributed by atoms with van der Waals surface area (Å²) in [4.78, 5) is 2.33. The molecule has 1 heterocycles. The van der Waals surface area contributed by atoms with Gasteiger partial charge in [-0.1, -0.05) is 193 Å². The van der Waals surface area contributed by atoms with Gasteiger partial charge in [-0.3, -0.25) is 0 Å². The number of fused-ring (bicyclic) bond motifs is 3. The molecule has 0 fully saturated rings. The maximum atomic E-state index is 2.42. The minimum atomic E-state index is 0.195. The van der Waals surface area contributed by atoms with Gasteiger partial charge in [0.15, 0.2) is 0 Å². The van der Waals surface area contributed by atoms with Crippen LogP contribution in [0.2, 0.25) is 0 Å². The molecule has 330 valence electrons. The van der Waals surface area contributed by atoms with E-state index >= 15 is 0 Å². The first-order chi connectivity index (χ1) is 32.4. The molecule has 0 radical (unpaired) electrons. The van der Waals surface area contributed by atoms with E-state index in [-0.39, 0.29) is 10.8 Å². The Morgan fingerprint density at radius 3 is 1.21 bits per heavy atom. The summed E-state index contributed by atoms with van der Waals surface area (Å²) in [7, 11) is 0. The molecule has 0 aliphatic heterocycles. The fourth-order valence-electron chi connectivity index (χ4n) is 9.91. The van der Waals surface area contributed by atoms with Gasteiger partial charge in [0.05, 0.1) is 11.0 Å². The first kappa shape index (κ1) is 43.5. The quantitative estimate of drug-likeness (QED) is 0.133. The van der Waals surface area contributed by atoms with Gasteiger partial charge in [0.25, 0.3) is 0 Å². The zero-order chi connectivity index (χ0) is 46.3. The normalized spacial score (nSPS) is 12.4. The predicted octanol–water partition coefficient (Wildman–Crippen LogP) is 18.8. The first-order valence-corrected chi connectivity index (χ1v) is 23.8. The highest BCUT2D eigenvalue weighted by Crippen LogP contribution is 2.44. The largest absolute Gasteiger partial charge is 0.311 e. The molecule has 0 aliphatic carbocycles. The summed E-state index contributed by atoms with van der Waals surface area (Å²) >= 11 is 0. The maximum Gasteiger partial charge on any atom is 0.0541 e. The van der Waals surface area contributed by atoms with Crippen molar-refractivity contribution in [1.29, 1.82) is 0 Å². The predicted molar refractivity (Wildman–Crippen MR) is 288 cm³/mol. The topological polar surface area (TPSA) is 8.17 Å². The van der Waals surface area contributed by atoms with Gasteiger partial charge in [-0.25, -0.2) is 0 Å². The molecule has 67 heavy (non-hydrogen) atoms. The first-order valence-electron chi connectivity index (χ1n) is 23.8. The van der Waals surface area contributed by atoms with Crippen molar-refractivity contribution in [3.05, 3.63) is 230 Å². The van der Waals surface area contributed by atoms with Crippen LogP contribution in [0.4, 0.5) is 17.1 Å². The van der Waals surface area contributed by atoms with Gasteiger partial charge >= 0.3 is 0 Å². The van der Waals surface area contributed by atoms with Crippen molar-refractivity contribution in [2.75, 3.05) is 4.90 Å². The summed E-state index contributed by atoms with van der Waals surface area (Å²) in [5, 5.41) is 2.48. The molecule has 0 amide bonds. The van der Waals surface area contributed by atoms with Crippen LogP contribution in [0.25, 0.3) is 72.0 Å². The number of aryl methyl sites for hydroxylation is 1. The van der Waals surface area contributed by atoms with Crippen molar-refractivity contribution in [3.63, 3.8) is 0 Å². The van der Waals surface area contributed by atoms with Crippen LogP contribution < -0.4 is 4.90 Å². The van der Waals surface area contributed by atoms with Crippen molar-refractivity contribution >= 4 is 38.9 Å². The minimum absolute atomic E-state index is 0.195. The van der Waals surface area contributed by atoms with E-state index in [1.165, 1.54) is 77.4 Å². The van der Waals surface area contributed by atoms with Crippen LogP contribution in [0.1, 0.15) is 65.0 Å². The summed E-state index contributed by atoms with van der Waals surface area (Å²) in [5.74, 6) is 0.498. The molecule has 2 nitrogen and oxygen atoms in total. The molecule has 10 aromatic rings. The number of nitrogens with zero attached hydrogens (tertiary/aromatic N) is 2. The Kier molecular flexibility index (Phi) is 11.5. The molecule has 0 spiro atoms. The maximum absolute atomic E-state index is 2.42. The molecule has 0 aliphatic rings. The highest BCUT2D eigenvalue weighted by Gasteiger charge is 2.30. The Labute approximate surface area is 397 Å². The molecule has 0 saturated heterocycles. The van der Waals surface area contributed by atoms with Crippen LogP contribution in [0.3, 0.4) is 0 Å². The van der Waals surface area contributed by atoms with E-state index in [2.05, 4.69) is 276 Å². The second kappa shape index (κ2) is 17.8. The van der Waals surface area contributed by atoms with E-state index in [0.717, 1.165) is 29.2 Å². The highest BCUT2D eigenvalue weighted by atomic mass is 15.1. The number of aromatic nitrogens is 1. The molecule has 1 aromatic heterocycles. The summed E-state index contributed by atoms with van der Waals surface area (Å²) < 4.78 is 2.42. The van der Waals surface area contributed by atoms with Crippen LogP contribution in [0.15, 0.2) is 218 Å². The number of para-hydroxylation sites is 1. The van der Waals surface area contributed by atoms with Gasteiger partial charge in [-0.2, -0.15) is 0 Å². The minimum Gasteiger partial charge on any atom is -0.311 e. The number of benzene rings is 9. The summed E-state index contributed by atoms with van der Waals surface area (Å²) in [6.45, 7) is 16.3. The summed E-state index contributed by atoms with van der Waals surface area (Å²) in [6, 6.07) is 80.4. The van der Waals surface area contributed by atoms with Gasteiger partial charge in [0.1, 0.15) is 0 Å². The molecular weight excluding hydrogens is 809 g/mol. The highest BCUT2D eigenvalue weighted by molar-refractivity contribution is 6.11. The summed E-state index contributed by atoms with van der Waals surface area (Å²) in [5.41, 5.74) is 19.7. The molecule has 10 rings (SSSR count). The van der Waals surface area contributed by atoms with Gasteiger partial charge in [-0.05, 0) is 153 Å². The third-order valence-electron chi connectivity index (χ3n) is 13.5. The van der Waals surface area contributed by atoms with E-state index < -0.39 is 0 Å². The third-order valence-corrected chi connectivity index (χ3v) is 13.5. The number of hydrogen-bond donors (Lipinski definition) is 0. The lowest BCUT2D eigenvalue weighted by Crippen LogP contribution is -2.23. The number of anilines is 3. The average molecular weight is 869 g/mol. The SMILES string of the molecule is Cc1ccc(-n2c3ccc(-c4ccc(-c5ccc(C(CC(C)(C)C)C(C)(C)C)cc5)cc4)cc3c3cc(-c4ccc(N(c5ccccc5)c5ccc(-c6ccccc6)cc5)cc4)ccc32)cc1. The lowest BCUT2D eigenvalue weighted by molar-refractivity contribution is 0.229. The van der Waals surface area contributed by atoms with Gasteiger partial charge in [-0.15, -0.1) is 0 Å². The molecule has 0 bridgehead atoms. The van der Waals surface area contributed by atoms with Gasteiger partial charge in [0.2, 0.25) is 0 Å². The van der Waals surface area contributed by atoms with E-state index in [4.69, 9.17) is 0 Å². The Morgan fingerprint density at radius 2 is 0.761 bits per heavy atom. The fraction of sp³-hybridized carbons (Fsp3) is 0.169. The number of hydrogen-bond acceptors (Lipinski definition) is 1. The summed E-state index contributed by atoms with van der Waals surface area (Å²) in [6.07, 6.45) is 1.16. The monoisotopic (exact) mass is 868 g/mol. The lowest BCUT2D eigenvalue weighted by atomic mass is 9.69. The van der Waals surface area contributed by atoms with Crippen LogP contribution in [-0.2, 0) is 0 Å². The molecule has 0 N–H and O–H groups in total.